The smallest absolute Gasteiger partial charge is 0.0775 e. The van der Waals surface area contributed by atoms with E-state index in [0.717, 1.165) is 0 Å². The number of hydrogen-bond donors (Lipinski definition) is 1. The molecule has 1 rings (SSSR count). The fourth-order valence-electron chi connectivity index (χ4n) is 1.42. The van der Waals surface area contributed by atoms with Gasteiger partial charge in [-0.15, -0.1) is 0 Å². The minimum atomic E-state index is -1.16. The molecule has 0 aliphatic rings. The summed E-state index contributed by atoms with van der Waals surface area (Å²) in [6.07, 6.45) is 0. The number of aliphatic hydroxyl groups excluding tert-OH is 1. The van der Waals surface area contributed by atoms with Crippen LogP contribution < -0.4 is 5.19 Å². The minimum absolute atomic E-state index is 0.228. The fourth-order valence-corrected chi connectivity index (χ4v) is 2.58. The van der Waals surface area contributed by atoms with Crippen molar-refractivity contribution in [3.63, 3.8) is 0 Å². The molecule has 0 bridgehead atoms. The number of rotatable bonds is 3. The molecule has 1 N–H and O–H groups in total. The molecule has 0 radical (unpaired) electrons. The summed E-state index contributed by atoms with van der Waals surface area (Å²) in [7, 11) is -1.16. The van der Waals surface area contributed by atoms with Gasteiger partial charge in [-0.05, 0) is 5.56 Å². The van der Waals surface area contributed by atoms with Crippen LogP contribution in [0.4, 0.5) is 0 Å². The Hall–Kier alpha value is -0.603. The van der Waals surface area contributed by atoms with Gasteiger partial charge < -0.3 is 5.11 Å². The van der Waals surface area contributed by atoms with Gasteiger partial charge in [0, 0.05) is 12.5 Å². The van der Waals surface area contributed by atoms with Crippen molar-refractivity contribution in [3.05, 3.63) is 29.8 Å². The summed E-state index contributed by atoms with van der Waals surface area (Å²) in [5, 5.41) is 10.5. The first-order chi connectivity index (χ1) is 6.45. The van der Waals surface area contributed by atoms with Crippen molar-refractivity contribution in [1.29, 1.82) is 0 Å². The van der Waals surface area contributed by atoms with Crippen LogP contribution in [0.5, 0.6) is 0 Å². The van der Waals surface area contributed by atoms with Crippen LogP contribution in [0, 0.1) is 0 Å². The number of hydrogen-bond acceptors (Lipinski definition) is 1. The minimum Gasteiger partial charge on any atom is -0.396 e. The molecular formula is C12H20OSi. The summed E-state index contributed by atoms with van der Waals surface area (Å²) in [5.41, 5.74) is 1.23. The van der Waals surface area contributed by atoms with Crippen LogP contribution in [0.3, 0.4) is 0 Å². The molecule has 0 fully saturated rings. The lowest BCUT2D eigenvalue weighted by atomic mass is 10.0. The van der Waals surface area contributed by atoms with Crippen LogP contribution in [0.15, 0.2) is 24.3 Å². The third-order valence-electron chi connectivity index (χ3n) is 2.62. The number of benzene rings is 1. The van der Waals surface area contributed by atoms with E-state index < -0.39 is 8.07 Å². The lowest BCUT2D eigenvalue weighted by Gasteiger charge is -2.17. The second kappa shape index (κ2) is 4.28. The third-order valence-corrected chi connectivity index (χ3v) is 4.68. The molecule has 1 aromatic carbocycles. The third kappa shape index (κ3) is 2.69. The van der Waals surface area contributed by atoms with E-state index in [1.165, 1.54) is 10.8 Å². The summed E-state index contributed by atoms with van der Waals surface area (Å²) < 4.78 is 0. The van der Waals surface area contributed by atoms with Crippen LogP contribution in [0.2, 0.25) is 19.6 Å². The summed E-state index contributed by atoms with van der Waals surface area (Å²) in [4.78, 5) is 0. The average Bonchev–Trinajstić information content (AvgIpc) is 2.15. The Morgan fingerprint density at radius 3 is 2.00 bits per heavy atom. The molecular weight excluding hydrogens is 188 g/mol. The van der Waals surface area contributed by atoms with Crippen molar-refractivity contribution >= 4 is 13.3 Å². The molecule has 0 aliphatic heterocycles. The van der Waals surface area contributed by atoms with E-state index >= 15 is 0 Å². The van der Waals surface area contributed by atoms with Crippen LogP contribution in [0.25, 0.3) is 0 Å². The van der Waals surface area contributed by atoms with E-state index in [0.29, 0.717) is 0 Å². The second-order valence-corrected chi connectivity index (χ2v) is 10.0. The molecule has 2 heteroatoms. The van der Waals surface area contributed by atoms with E-state index in [2.05, 4.69) is 43.9 Å². The molecule has 1 aromatic rings. The van der Waals surface area contributed by atoms with Gasteiger partial charge in [-0.2, -0.15) is 0 Å². The highest BCUT2D eigenvalue weighted by Crippen LogP contribution is 2.13. The lowest BCUT2D eigenvalue weighted by Crippen LogP contribution is -2.37. The quantitative estimate of drug-likeness (QED) is 0.756. The van der Waals surface area contributed by atoms with Gasteiger partial charge in [0.05, 0.1) is 8.07 Å². The van der Waals surface area contributed by atoms with E-state index in [-0.39, 0.29) is 12.5 Å². The maximum absolute atomic E-state index is 9.03. The van der Waals surface area contributed by atoms with Gasteiger partial charge in [-0.3, -0.25) is 0 Å². The summed E-state index contributed by atoms with van der Waals surface area (Å²) in [5.74, 6) is 0.255. The molecule has 1 unspecified atom stereocenters. The molecule has 1 atom stereocenters. The van der Waals surface area contributed by atoms with E-state index in [1.54, 1.807) is 0 Å². The van der Waals surface area contributed by atoms with Crippen molar-refractivity contribution in [2.75, 3.05) is 6.61 Å². The Morgan fingerprint density at radius 1 is 1.14 bits per heavy atom. The van der Waals surface area contributed by atoms with E-state index in [1.807, 2.05) is 6.92 Å². The number of aliphatic hydroxyl groups is 1. The van der Waals surface area contributed by atoms with Gasteiger partial charge in [0.1, 0.15) is 0 Å². The molecule has 1 nitrogen and oxygen atoms in total. The SMILES string of the molecule is CC(CO)c1ccc([Si](C)(C)C)cc1. The molecule has 0 aromatic heterocycles. The van der Waals surface area contributed by atoms with Crippen molar-refractivity contribution in [2.24, 2.45) is 0 Å². The first kappa shape index (κ1) is 11.5. The zero-order valence-corrected chi connectivity index (χ0v) is 10.5. The zero-order valence-electron chi connectivity index (χ0n) is 9.54. The van der Waals surface area contributed by atoms with Gasteiger partial charge >= 0.3 is 0 Å². The van der Waals surface area contributed by atoms with Crippen molar-refractivity contribution in [3.8, 4) is 0 Å². The predicted octanol–water partition coefficient (Wildman–Crippen LogP) is 2.33. The Morgan fingerprint density at radius 2 is 1.64 bits per heavy atom. The van der Waals surface area contributed by atoms with Gasteiger partial charge in [0.25, 0.3) is 0 Å². The van der Waals surface area contributed by atoms with Gasteiger partial charge in [0.15, 0.2) is 0 Å². The highest BCUT2D eigenvalue weighted by Gasteiger charge is 2.16. The normalized spacial score (nSPS) is 14.1. The van der Waals surface area contributed by atoms with Crippen molar-refractivity contribution in [1.82, 2.24) is 0 Å². The molecule has 78 valence electrons. The monoisotopic (exact) mass is 208 g/mol. The average molecular weight is 208 g/mol. The second-order valence-electron chi connectivity index (χ2n) is 4.96. The highest BCUT2D eigenvalue weighted by atomic mass is 28.3. The first-order valence-electron chi connectivity index (χ1n) is 5.16. The van der Waals surface area contributed by atoms with Gasteiger partial charge in [0.2, 0.25) is 0 Å². The van der Waals surface area contributed by atoms with Gasteiger partial charge in [-0.25, -0.2) is 0 Å². The van der Waals surface area contributed by atoms with Crippen molar-refractivity contribution in [2.45, 2.75) is 32.5 Å². The summed E-state index contributed by atoms with van der Waals surface area (Å²) >= 11 is 0. The highest BCUT2D eigenvalue weighted by molar-refractivity contribution is 6.88. The van der Waals surface area contributed by atoms with Crippen molar-refractivity contribution < 1.29 is 5.11 Å². The van der Waals surface area contributed by atoms with Gasteiger partial charge in [-0.1, -0.05) is 56.0 Å². The standard InChI is InChI=1S/C12H20OSi/c1-10(9-13)11-5-7-12(8-6-11)14(2,3)4/h5-8,10,13H,9H2,1-4H3. The molecule has 0 saturated heterocycles. The lowest BCUT2D eigenvalue weighted by molar-refractivity contribution is 0.273. The maximum atomic E-state index is 9.03. The molecule has 0 spiro atoms. The molecule has 0 amide bonds. The molecule has 14 heavy (non-hydrogen) atoms. The summed E-state index contributed by atoms with van der Waals surface area (Å²) in [6.45, 7) is 9.31. The Kier molecular flexibility index (Phi) is 3.51. The molecule has 0 saturated carbocycles. The van der Waals surface area contributed by atoms with E-state index in [4.69, 9.17) is 5.11 Å². The first-order valence-corrected chi connectivity index (χ1v) is 8.66. The summed E-state index contributed by atoms with van der Waals surface area (Å²) in [6, 6.07) is 8.73. The van der Waals surface area contributed by atoms with Crippen LogP contribution in [0.1, 0.15) is 18.4 Å². The zero-order chi connectivity index (χ0) is 10.8. The van der Waals surface area contributed by atoms with Crippen LogP contribution in [-0.4, -0.2) is 19.8 Å². The maximum Gasteiger partial charge on any atom is 0.0775 e. The Bertz CT molecular complexity index is 284. The largest absolute Gasteiger partial charge is 0.396 e. The van der Waals surface area contributed by atoms with Crippen LogP contribution >= 0.6 is 0 Å². The Labute approximate surface area is 87.8 Å². The predicted molar refractivity (Wildman–Crippen MR) is 64.9 cm³/mol. The molecule has 0 aliphatic carbocycles. The topological polar surface area (TPSA) is 20.2 Å². The molecule has 0 heterocycles. The van der Waals surface area contributed by atoms with Crippen LogP contribution in [-0.2, 0) is 0 Å². The Balaban J connectivity index is 2.89. The fraction of sp³-hybridized carbons (Fsp3) is 0.500. The van der Waals surface area contributed by atoms with E-state index in [9.17, 15) is 0 Å².